The lowest BCUT2D eigenvalue weighted by Crippen LogP contribution is -2.20. The Bertz CT molecular complexity index is 691. The minimum absolute atomic E-state index is 0.184. The highest BCUT2D eigenvalue weighted by Crippen LogP contribution is 2.33. The van der Waals surface area contributed by atoms with Crippen molar-refractivity contribution in [3.05, 3.63) is 39.8 Å². The molecule has 2 aromatic rings. The molecule has 7 nitrogen and oxygen atoms in total. The molecule has 114 valence electrons. The van der Waals surface area contributed by atoms with E-state index in [4.69, 9.17) is 11.6 Å². The Hall–Kier alpha value is -1.93. The van der Waals surface area contributed by atoms with Gasteiger partial charge in [0.2, 0.25) is 5.95 Å². The number of aromatic nitrogens is 3. The lowest BCUT2D eigenvalue weighted by Gasteiger charge is -2.15. The number of hydrogen-bond donors (Lipinski definition) is 0. The minimum Gasteiger partial charge on any atom is -0.358 e. The van der Waals surface area contributed by atoms with Crippen LogP contribution in [0.2, 0.25) is 5.15 Å². The van der Waals surface area contributed by atoms with E-state index in [0.29, 0.717) is 16.0 Å². The van der Waals surface area contributed by atoms with Crippen molar-refractivity contribution in [2.45, 2.75) is 22.6 Å². The number of pyridine rings is 1. The van der Waals surface area contributed by atoms with Crippen molar-refractivity contribution in [2.75, 3.05) is 18.0 Å². The smallest absolute Gasteiger partial charge is 0.358 e. The first-order valence-electron chi connectivity index (χ1n) is 6.69. The molecule has 0 N–H and O–H groups in total. The maximum Gasteiger partial charge on any atom is 0.363 e. The highest BCUT2D eigenvalue weighted by Gasteiger charge is 2.17. The Morgan fingerprint density at radius 2 is 2.00 bits per heavy atom. The van der Waals surface area contributed by atoms with Gasteiger partial charge in [-0.1, -0.05) is 23.4 Å². The fraction of sp³-hybridized carbons (Fsp3) is 0.308. The van der Waals surface area contributed by atoms with Crippen LogP contribution in [0.3, 0.4) is 0 Å². The summed E-state index contributed by atoms with van der Waals surface area (Å²) in [5.41, 5.74) is 0. The van der Waals surface area contributed by atoms with Gasteiger partial charge in [-0.05, 0) is 28.8 Å². The molecular weight excluding hydrogens is 326 g/mol. The molecule has 9 heteroatoms. The predicted molar refractivity (Wildman–Crippen MR) is 83.5 cm³/mol. The first-order chi connectivity index (χ1) is 10.6. The minimum atomic E-state index is -0.532. The van der Waals surface area contributed by atoms with Gasteiger partial charge in [0.15, 0.2) is 6.20 Å². The van der Waals surface area contributed by atoms with Crippen molar-refractivity contribution in [1.29, 1.82) is 0 Å². The van der Waals surface area contributed by atoms with Gasteiger partial charge < -0.3 is 15.0 Å². The molecule has 0 saturated carbocycles. The molecule has 0 aromatic carbocycles. The van der Waals surface area contributed by atoms with Gasteiger partial charge in [-0.15, -0.1) is 0 Å². The van der Waals surface area contributed by atoms with Gasteiger partial charge in [-0.2, -0.15) is 4.98 Å². The van der Waals surface area contributed by atoms with E-state index in [1.54, 1.807) is 12.3 Å². The molecule has 3 heterocycles. The summed E-state index contributed by atoms with van der Waals surface area (Å²) in [7, 11) is 0. The maximum absolute atomic E-state index is 10.6. The first-order valence-corrected chi connectivity index (χ1v) is 7.89. The second kappa shape index (κ2) is 6.45. The van der Waals surface area contributed by atoms with Gasteiger partial charge >= 0.3 is 5.82 Å². The van der Waals surface area contributed by atoms with E-state index in [1.807, 2.05) is 0 Å². The van der Waals surface area contributed by atoms with Crippen LogP contribution in [0.25, 0.3) is 0 Å². The Labute approximate surface area is 135 Å². The summed E-state index contributed by atoms with van der Waals surface area (Å²) in [6, 6.07) is 2.98. The largest absolute Gasteiger partial charge is 0.363 e. The predicted octanol–water partition coefficient (Wildman–Crippen LogP) is 3.18. The van der Waals surface area contributed by atoms with Crippen LogP contribution in [-0.2, 0) is 0 Å². The third-order valence-corrected chi connectivity index (χ3v) is 4.62. The Kier molecular flexibility index (Phi) is 4.39. The quantitative estimate of drug-likeness (QED) is 0.481. The van der Waals surface area contributed by atoms with Crippen molar-refractivity contribution in [3.63, 3.8) is 0 Å². The summed E-state index contributed by atoms with van der Waals surface area (Å²) in [5, 5.41) is 11.0. The van der Waals surface area contributed by atoms with E-state index in [1.165, 1.54) is 24.0 Å². The van der Waals surface area contributed by atoms with Gasteiger partial charge in [0, 0.05) is 25.4 Å². The Balaban J connectivity index is 1.75. The first kappa shape index (κ1) is 15.0. The zero-order chi connectivity index (χ0) is 15.5. The average Bonchev–Trinajstić information content (AvgIpc) is 3.04. The molecule has 0 spiro atoms. The molecule has 1 fully saturated rings. The lowest BCUT2D eigenvalue weighted by molar-refractivity contribution is -0.389. The van der Waals surface area contributed by atoms with Gasteiger partial charge in [-0.25, -0.2) is 4.98 Å². The third kappa shape index (κ3) is 3.28. The van der Waals surface area contributed by atoms with Gasteiger partial charge in [0.05, 0.1) is 9.79 Å². The molecule has 1 aliphatic rings. The summed E-state index contributed by atoms with van der Waals surface area (Å²) in [6.07, 6.45) is 5.40. The molecule has 2 aromatic heterocycles. The van der Waals surface area contributed by atoms with E-state index >= 15 is 0 Å². The van der Waals surface area contributed by atoms with E-state index in [0.717, 1.165) is 30.8 Å². The molecule has 0 radical (unpaired) electrons. The van der Waals surface area contributed by atoms with Crippen LogP contribution in [0, 0.1) is 10.1 Å². The van der Waals surface area contributed by atoms with E-state index < -0.39 is 4.92 Å². The normalized spacial score (nSPS) is 14.3. The molecule has 0 atom stereocenters. The zero-order valence-corrected chi connectivity index (χ0v) is 13.0. The fourth-order valence-corrected chi connectivity index (χ4v) is 3.12. The van der Waals surface area contributed by atoms with Crippen LogP contribution in [0.4, 0.5) is 11.8 Å². The molecule has 0 amide bonds. The van der Waals surface area contributed by atoms with E-state index in [2.05, 4.69) is 19.9 Å². The topological polar surface area (TPSA) is 85.0 Å². The maximum atomic E-state index is 10.6. The summed E-state index contributed by atoms with van der Waals surface area (Å²) in [4.78, 5) is 26.0. The highest BCUT2D eigenvalue weighted by molar-refractivity contribution is 7.99. The molecule has 22 heavy (non-hydrogen) atoms. The van der Waals surface area contributed by atoms with Crippen molar-refractivity contribution in [3.8, 4) is 0 Å². The molecule has 0 aliphatic carbocycles. The average molecular weight is 338 g/mol. The van der Waals surface area contributed by atoms with Crippen LogP contribution in [0.1, 0.15) is 12.8 Å². The van der Waals surface area contributed by atoms with E-state index in [9.17, 15) is 10.1 Å². The SMILES string of the molecule is O=[N+]([O-])c1ccc(Sc2cnc(N3CCCC3)nc2Cl)cn1. The summed E-state index contributed by atoms with van der Waals surface area (Å²) in [6.45, 7) is 1.91. The third-order valence-electron chi connectivity index (χ3n) is 3.22. The lowest BCUT2D eigenvalue weighted by atomic mass is 10.4. The van der Waals surface area contributed by atoms with Crippen LogP contribution >= 0.6 is 23.4 Å². The Morgan fingerprint density at radius 1 is 1.23 bits per heavy atom. The Morgan fingerprint density at radius 3 is 2.59 bits per heavy atom. The summed E-state index contributed by atoms with van der Waals surface area (Å²) in [5.74, 6) is 0.463. The second-order valence-electron chi connectivity index (χ2n) is 4.73. The molecule has 0 bridgehead atoms. The van der Waals surface area contributed by atoms with Crippen LogP contribution in [-0.4, -0.2) is 33.0 Å². The standard InChI is InChI=1S/C13H12ClN5O2S/c14-12-10(8-16-13(17-12)18-5-1-2-6-18)22-9-3-4-11(15-7-9)19(20)21/h3-4,7-8H,1-2,5-6H2. The van der Waals surface area contributed by atoms with Crippen molar-refractivity contribution in [1.82, 2.24) is 15.0 Å². The monoisotopic (exact) mass is 337 g/mol. The van der Waals surface area contributed by atoms with Gasteiger partial charge in [-0.3, -0.25) is 0 Å². The number of hydrogen-bond acceptors (Lipinski definition) is 7. The number of nitrogens with zero attached hydrogens (tertiary/aromatic N) is 5. The molecule has 1 saturated heterocycles. The second-order valence-corrected chi connectivity index (χ2v) is 6.20. The molecular formula is C13H12ClN5O2S. The fourth-order valence-electron chi connectivity index (χ4n) is 2.15. The summed E-state index contributed by atoms with van der Waals surface area (Å²) < 4.78 is 0. The number of halogens is 1. The van der Waals surface area contributed by atoms with Gasteiger partial charge in [0.25, 0.3) is 0 Å². The molecule has 1 aliphatic heterocycles. The number of nitro groups is 1. The van der Waals surface area contributed by atoms with E-state index in [-0.39, 0.29) is 5.82 Å². The van der Waals surface area contributed by atoms with Crippen LogP contribution in [0.5, 0.6) is 0 Å². The van der Waals surface area contributed by atoms with Crippen molar-refractivity contribution in [2.24, 2.45) is 0 Å². The summed E-state index contributed by atoms with van der Waals surface area (Å²) >= 11 is 7.54. The molecule has 0 unspecified atom stereocenters. The molecule has 3 rings (SSSR count). The van der Waals surface area contributed by atoms with Crippen molar-refractivity contribution < 1.29 is 4.92 Å². The number of rotatable bonds is 4. The number of anilines is 1. The zero-order valence-electron chi connectivity index (χ0n) is 11.5. The van der Waals surface area contributed by atoms with Gasteiger partial charge in [0.1, 0.15) is 5.15 Å². The van der Waals surface area contributed by atoms with Crippen LogP contribution < -0.4 is 4.90 Å². The van der Waals surface area contributed by atoms with Crippen LogP contribution in [0.15, 0.2) is 34.3 Å². The highest BCUT2D eigenvalue weighted by atomic mass is 35.5. The van der Waals surface area contributed by atoms with Crippen molar-refractivity contribution >= 4 is 35.1 Å².